The van der Waals surface area contributed by atoms with Gasteiger partial charge in [0, 0.05) is 28.7 Å². The number of nitrogens with zero attached hydrogens (tertiary/aromatic N) is 2. The van der Waals surface area contributed by atoms with Gasteiger partial charge in [0.15, 0.2) is 0 Å². The third-order valence-electron chi connectivity index (χ3n) is 4.46. The van der Waals surface area contributed by atoms with Gasteiger partial charge in [-0.25, -0.2) is 0 Å². The lowest BCUT2D eigenvalue weighted by Gasteiger charge is -2.14. The minimum absolute atomic E-state index is 0.217. The van der Waals surface area contributed by atoms with Crippen LogP contribution in [-0.4, -0.2) is 28.4 Å². The van der Waals surface area contributed by atoms with E-state index in [9.17, 15) is 4.79 Å². The van der Waals surface area contributed by atoms with Gasteiger partial charge in [0.05, 0.1) is 16.8 Å². The number of hydrogen-bond acceptors (Lipinski definition) is 8. The molecule has 0 saturated carbocycles. The first kappa shape index (κ1) is 22.7. The number of rotatable bonds is 8. The quantitative estimate of drug-likeness (QED) is 0.249. The van der Waals surface area contributed by atoms with Gasteiger partial charge in [0.2, 0.25) is 11.0 Å². The van der Waals surface area contributed by atoms with Crippen molar-refractivity contribution in [3.63, 3.8) is 0 Å². The van der Waals surface area contributed by atoms with Crippen molar-refractivity contribution in [2.24, 2.45) is 11.7 Å². The van der Waals surface area contributed by atoms with Crippen LogP contribution in [0.25, 0.3) is 10.6 Å². The van der Waals surface area contributed by atoms with Crippen LogP contribution in [0.3, 0.4) is 0 Å². The Morgan fingerprint density at radius 1 is 1.29 bits per heavy atom. The Morgan fingerprint density at radius 2 is 2.06 bits per heavy atom. The monoisotopic (exact) mass is 457 g/mol. The van der Waals surface area contributed by atoms with E-state index in [-0.39, 0.29) is 5.91 Å². The van der Waals surface area contributed by atoms with E-state index in [1.807, 2.05) is 32.0 Å². The Balaban J connectivity index is 1.75. The maximum atomic E-state index is 12.3. The molecule has 0 spiro atoms. The van der Waals surface area contributed by atoms with Crippen LogP contribution in [0.2, 0.25) is 5.02 Å². The van der Waals surface area contributed by atoms with Crippen molar-refractivity contribution >= 4 is 57.3 Å². The molecule has 0 aliphatic heterocycles. The van der Waals surface area contributed by atoms with Crippen LogP contribution < -0.4 is 22.1 Å². The molecular weight excluding hydrogens is 434 g/mol. The second-order valence-electron chi connectivity index (χ2n) is 7.42. The Hall–Kier alpha value is -3.01. The van der Waals surface area contributed by atoms with E-state index in [4.69, 9.17) is 28.5 Å². The van der Waals surface area contributed by atoms with Gasteiger partial charge in [0.25, 0.3) is 0 Å². The maximum Gasteiger partial charge on any atom is 0.241 e. The molecule has 3 aromatic rings. The van der Waals surface area contributed by atoms with Crippen molar-refractivity contribution in [1.29, 1.82) is 5.41 Å². The summed E-state index contributed by atoms with van der Waals surface area (Å²) in [4.78, 5) is 12.3. The summed E-state index contributed by atoms with van der Waals surface area (Å²) in [6.45, 7) is 4.05. The second-order valence-corrected chi connectivity index (χ2v) is 8.77. The lowest BCUT2D eigenvalue weighted by atomic mass is 10.0. The first-order valence-corrected chi connectivity index (χ1v) is 10.8. The lowest BCUT2D eigenvalue weighted by Crippen LogP contribution is -2.36. The standard InChI is InChI=1S/C21H24ClN7OS/c1-11(2)8-16(25)19(30)26-13-5-3-4-12(9-13)20-28-29-21(31-20)27-17-7-6-15(24)14(10-23)18(17)22/h3-7,9-11,16,23H,8,24-25H2,1-2H3,(H,26,30)(H,27,29)/t16-/m0/s1. The number of hydrogen-bond donors (Lipinski definition) is 5. The summed E-state index contributed by atoms with van der Waals surface area (Å²) < 4.78 is 0. The molecule has 162 valence electrons. The van der Waals surface area contributed by atoms with E-state index in [0.717, 1.165) is 11.8 Å². The van der Waals surface area contributed by atoms with Gasteiger partial charge in [-0.3, -0.25) is 4.79 Å². The molecule has 7 N–H and O–H groups in total. The van der Waals surface area contributed by atoms with E-state index in [0.29, 0.717) is 50.1 Å². The Morgan fingerprint density at radius 3 is 2.77 bits per heavy atom. The van der Waals surface area contributed by atoms with Crippen molar-refractivity contribution in [3.05, 3.63) is 47.0 Å². The summed E-state index contributed by atoms with van der Waals surface area (Å²) in [5.74, 6) is 0.120. The van der Waals surface area contributed by atoms with E-state index in [1.54, 1.807) is 18.2 Å². The molecule has 1 heterocycles. The molecule has 1 aromatic heterocycles. The van der Waals surface area contributed by atoms with Crippen LogP contribution in [0.5, 0.6) is 0 Å². The molecule has 0 aliphatic rings. The molecule has 3 rings (SSSR count). The van der Waals surface area contributed by atoms with Crippen LogP contribution in [0.4, 0.5) is 22.2 Å². The van der Waals surface area contributed by atoms with Gasteiger partial charge >= 0.3 is 0 Å². The molecule has 0 saturated heterocycles. The number of nitrogens with two attached hydrogens (primary N) is 2. The first-order chi connectivity index (χ1) is 14.8. The molecule has 0 aliphatic carbocycles. The molecule has 0 fully saturated rings. The van der Waals surface area contributed by atoms with Crippen molar-refractivity contribution in [3.8, 4) is 10.6 Å². The summed E-state index contributed by atoms with van der Waals surface area (Å²) in [6.07, 6.45) is 1.73. The van der Waals surface area contributed by atoms with Crippen LogP contribution in [0, 0.1) is 11.3 Å². The molecule has 0 radical (unpaired) electrons. The van der Waals surface area contributed by atoms with Gasteiger partial charge in [-0.2, -0.15) is 0 Å². The second kappa shape index (κ2) is 9.86. The molecule has 10 heteroatoms. The van der Waals surface area contributed by atoms with Crippen LogP contribution in [0.1, 0.15) is 25.8 Å². The van der Waals surface area contributed by atoms with Crippen LogP contribution in [0.15, 0.2) is 36.4 Å². The number of carbonyl (C=O) groups is 1. The minimum Gasteiger partial charge on any atom is -0.398 e. The van der Waals surface area contributed by atoms with Crippen LogP contribution >= 0.6 is 22.9 Å². The fraction of sp³-hybridized carbons (Fsp3) is 0.238. The SMILES string of the molecule is CC(C)C[C@H](N)C(=O)Nc1cccc(-c2nnc(Nc3ccc(N)c(C=N)c3Cl)s2)c1. The number of nitrogens with one attached hydrogen (secondary N) is 3. The Bertz CT molecular complexity index is 1100. The highest BCUT2D eigenvalue weighted by molar-refractivity contribution is 7.18. The third kappa shape index (κ3) is 5.57. The summed E-state index contributed by atoms with van der Waals surface area (Å²) in [6, 6.07) is 10.2. The third-order valence-corrected chi connectivity index (χ3v) is 5.76. The summed E-state index contributed by atoms with van der Waals surface area (Å²) in [7, 11) is 0. The lowest BCUT2D eigenvalue weighted by molar-refractivity contribution is -0.117. The van der Waals surface area contributed by atoms with E-state index >= 15 is 0 Å². The molecular formula is C21H24ClN7OS. The number of carbonyl (C=O) groups excluding carboxylic acids is 1. The zero-order chi connectivity index (χ0) is 22.5. The number of benzene rings is 2. The smallest absolute Gasteiger partial charge is 0.241 e. The molecule has 0 unspecified atom stereocenters. The van der Waals surface area contributed by atoms with Crippen molar-refractivity contribution in [1.82, 2.24) is 10.2 Å². The highest BCUT2D eigenvalue weighted by atomic mass is 35.5. The van der Waals surface area contributed by atoms with Crippen molar-refractivity contribution in [2.45, 2.75) is 26.3 Å². The summed E-state index contributed by atoms with van der Waals surface area (Å²) in [5.41, 5.74) is 14.7. The number of nitrogen functional groups attached to an aromatic ring is 1. The van der Waals surface area contributed by atoms with Gasteiger partial charge in [0.1, 0.15) is 5.01 Å². The van der Waals surface area contributed by atoms with Crippen molar-refractivity contribution < 1.29 is 4.79 Å². The molecule has 2 aromatic carbocycles. The topological polar surface area (TPSA) is 143 Å². The number of aromatic nitrogens is 2. The minimum atomic E-state index is -0.559. The first-order valence-electron chi connectivity index (χ1n) is 9.64. The van der Waals surface area contributed by atoms with E-state index in [2.05, 4.69) is 20.8 Å². The highest BCUT2D eigenvalue weighted by Gasteiger charge is 2.16. The highest BCUT2D eigenvalue weighted by Crippen LogP contribution is 2.34. The Kier molecular flexibility index (Phi) is 7.21. The van der Waals surface area contributed by atoms with Crippen molar-refractivity contribution in [2.75, 3.05) is 16.4 Å². The maximum absolute atomic E-state index is 12.3. The number of anilines is 4. The summed E-state index contributed by atoms with van der Waals surface area (Å²) in [5, 5.41) is 23.4. The largest absolute Gasteiger partial charge is 0.398 e. The zero-order valence-corrected chi connectivity index (χ0v) is 18.7. The fourth-order valence-corrected chi connectivity index (χ4v) is 3.96. The van der Waals surface area contributed by atoms with Gasteiger partial charge in [-0.15, -0.1) is 10.2 Å². The average Bonchev–Trinajstić information content (AvgIpc) is 3.19. The molecule has 1 atom stereocenters. The van der Waals surface area contributed by atoms with Gasteiger partial charge < -0.3 is 27.5 Å². The van der Waals surface area contributed by atoms with Gasteiger partial charge in [-0.05, 0) is 36.6 Å². The van der Waals surface area contributed by atoms with Gasteiger partial charge in [-0.1, -0.05) is 48.9 Å². The molecule has 31 heavy (non-hydrogen) atoms. The molecule has 1 amide bonds. The molecule has 0 bridgehead atoms. The number of halogens is 1. The fourth-order valence-electron chi connectivity index (χ4n) is 2.94. The predicted molar refractivity (Wildman–Crippen MR) is 128 cm³/mol. The molecule has 8 nitrogen and oxygen atoms in total. The predicted octanol–water partition coefficient (Wildman–Crippen LogP) is 4.49. The normalized spacial score (nSPS) is 11.9. The Labute approximate surface area is 189 Å². The zero-order valence-electron chi connectivity index (χ0n) is 17.1. The average molecular weight is 458 g/mol. The number of amides is 1. The van der Waals surface area contributed by atoms with Crippen LogP contribution in [-0.2, 0) is 4.79 Å². The van der Waals surface area contributed by atoms with E-state index in [1.165, 1.54) is 11.3 Å². The summed E-state index contributed by atoms with van der Waals surface area (Å²) >= 11 is 7.66. The van der Waals surface area contributed by atoms with E-state index < -0.39 is 6.04 Å².